The number of nitrogens with one attached hydrogen (secondary N) is 2. The number of rotatable bonds is 12. The van der Waals surface area contributed by atoms with Gasteiger partial charge in [-0.15, -0.1) is 0 Å². The van der Waals surface area contributed by atoms with Crippen LogP contribution in [0, 0.1) is 0 Å². The largest absolute Gasteiger partial charge is 0.480 e. The lowest BCUT2D eigenvalue weighted by Gasteiger charge is -2.17. The van der Waals surface area contributed by atoms with E-state index in [1.165, 1.54) is 36.4 Å². The summed E-state index contributed by atoms with van der Waals surface area (Å²) in [6.45, 7) is 4.38. The molecular weight excluding hydrogens is 544 g/mol. The Morgan fingerprint density at radius 3 is 1.54 bits per heavy atom. The van der Waals surface area contributed by atoms with Crippen molar-refractivity contribution in [1.82, 2.24) is 10.6 Å². The average Bonchev–Trinajstić information content (AvgIpc) is 2.86. The number of hydrogen-bond acceptors (Lipinski definition) is 11. The fourth-order valence-corrected chi connectivity index (χ4v) is 3.45. The molecule has 0 heterocycles. The van der Waals surface area contributed by atoms with Crippen molar-refractivity contribution >= 4 is 41.7 Å². The van der Waals surface area contributed by atoms with Gasteiger partial charge in [0.2, 0.25) is 0 Å². The smallest absolute Gasteiger partial charge is 0.326 e. The summed E-state index contributed by atoms with van der Waals surface area (Å²) in [7, 11) is 0. The molecule has 2 aromatic carbocycles. The third-order valence-electron chi connectivity index (χ3n) is 5.00. The number of carbonyl (C=O) groups excluding carboxylic acids is 6. The van der Waals surface area contributed by atoms with Crippen LogP contribution < -0.4 is 29.6 Å². The maximum absolute atomic E-state index is 12.9. The van der Waals surface area contributed by atoms with Crippen LogP contribution in [0.3, 0.4) is 0 Å². The van der Waals surface area contributed by atoms with Gasteiger partial charge in [-0.05, 0) is 37.1 Å². The van der Waals surface area contributed by atoms with E-state index in [-0.39, 0.29) is 53.5 Å². The molecule has 0 saturated heterocycles. The lowest BCUT2D eigenvalue weighted by atomic mass is 10.1. The van der Waals surface area contributed by atoms with E-state index < -0.39 is 47.7 Å². The molecule has 0 aliphatic heterocycles. The Hall–Kier alpha value is -5.27. The van der Waals surface area contributed by atoms with Gasteiger partial charge in [0.1, 0.15) is 6.04 Å². The van der Waals surface area contributed by atoms with Gasteiger partial charge in [0, 0.05) is 34.2 Å². The summed E-state index contributed by atoms with van der Waals surface area (Å²) < 4.78 is 20.1. The number of benzene rings is 2. The molecule has 2 aromatic rings. The van der Waals surface area contributed by atoms with Crippen LogP contribution in [0.15, 0.2) is 36.4 Å². The van der Waals surface area contributed by atoms with E-state index in [4.69, 9.17) is 18.9 Å². The quantitative estimate of drug-likeness (QED) is 0.189. The third kappa shape index (κ3) is 9.76. The molecule has 0 bridgehead atoms. The molecule has 41 heavy (non-hydrogen) atoms. The van der Waals surface area contributed by atoms with Gasteiger partial charge in [0.05, 0.1) is 11.1 Å². The van der Waals surface area contributed by atoms with Crippen LogP contribution in [0.4, 0.5) is 0 Å². The normalized spacial score (nSPS) is 10.9. The molecule has 0 spiro atoms. The molecule has 0 aliphatic carbocycles. The van der Waals surface area contributed by atoms with Crippen molar-refractivity contribution in [2.24, 2.45) is 0 Å². The van der Waals surface area contributed by atoms with Crippen molar-refractivity contribution in [2.75, 3.05) is 6.54 Å². The van der Waals surface area contributed by atoms with E-state index >= 15 is 0 Å². The van der Waals surface area contributed by atoms with E-state index in [1.807, 2.05) is 0 Å². The van der Waals surface area contributed by atoms with Gasteiger partial charge in [-0.2, -0.15) is 0 Å². The van der Waals surface area contributed by atoms with Crippen molar-refractivity contribution in [3.05, 3.63) is 47.5 Å². The number of hydrogen-bond donors (Lipinski definition) is 3. The predicted octanol–water partition coefficient (Wildman–Crippen LogP) is 1.78. The molecule has 1 atom stereocenters. The van der Waals surface area contributed by atoms with Gasteiger partial charge in [0.25, 0.3) is 11.8 Å². The molecule has 0 saturated carbocycles. The summed E-state index contributed by atoms with van der Waals surface area (Å²) in [6, 6.07) is 6.58. The summed E-state index contributed by atoms with van der Waals surface area (Å²) in [5.74, 6) is -6.95. The second kappa shape index (κ2) is 14.8. The number of carbonyl (C=O) groups is 7. The second-order valence-corrected chi connectivity index (χ2v) is 8.40. The molecular formula is C27H28N2O12. The zero-order valence-corrected chi connectivity index (χ0v) is 22.6. The molecule has 0 fully saturated rings. The first kappa shape index (κ1) is 31.9. The highest BCUT2D eigenvalue weighted by Crippen LogP contribution is 2.33. The minimum Gasteiger partial charge on any atom is -0.480 e. The number of para-hydroxylation sites is 2. The van der Waals surface area contributed by atoms with Crippen LogP contribution in [-0.4, -0.2) is 59.4 Å². The lowest BCUT2D eigenvalue weighted by Crippen LogP contribution is -2.41. The molecule has 0 aromatic heterocycles. The molecule has 2 amide bonds. The topological polar surface area (TPSA) is 201 Å². The van der Waals surface area contributed by atoms with Crippen LogP contribution in [0.1, 0.15) is 61.3 Å². The van der Waals surface area contributed by atoms with Crippen molar-refractivity contribution < 1.29 is 57.6 Å². The summed E-state index contributed by atoms with van der Waals surface area (Å²) in [4.78, 5) is 83.3. The number of carboxylic acids is 1. The van der Waals surface area contributed by atoms with Crippen LogP contribution in [0.2, 0.25) is 0 Å². The number of esters is 4. The minimum absolute atomic E-state index is 0.0452. The fraction of sp³-hybridized carbons (Fsp3) is 0.296. The number of aliphatic carboxylic acids is 1. The monoisotopic (exact) mass is 572 g/mol. The SMILES string of the molecule is CC(=O)Oc1cccc(C(=O)NCCC[C@@H](NC(=O)c2cccc(OC(C)=O)c2OC(C)=O)C(=O)O)c1OC(C)=O. The van der Waals surface area contributed by atoms with Gasteiger partial charge >= 0.3 is 29.8 Å². The van der Waals surface area contributed by atoms with Crippen LogP contribution in [0.25, 0.3) is 0 Å². The third-order valence-corrected chi connectivity index (χ3v) is 5.00. The summed E-state index contributed by atoms with van der Waals surface area (Å²) >= 11 is 0. The average molecular weight is 573 g/mol. The van der Waals surface area contributed by atoms with E-state index in [0.29, 0.717) is 0 Å². The zero-order valence-electron chi connectivity index (χ0n) is 22.6. The first-order valence-electron chi connectivity index (χ1n) is 12.1. The highest BCUT2D eigenvalue weighted by molar-refractivity contribution is 6.01. The maximum atomic E-state index is 12.9. The van der Waals surface area contributed by atoms with Crippen molar-refractivity contribution in [3.63, 3.8) is 0 Å². The molecule has 14 heteroatoms. The number of carboxylic acid groups (broad SMARTS) is 1. The van der Waals surface area contributed by atoms with Gasteiger partial charge in [-0.3, -0.25) is 28.8 Å². The Kier molecular flexibility index (Phi) is 11.5. The van der Waals surface area contributed by atoms with Gasteiger partial charge in [-0.1, -0.05) is 12.1 Å². The molecule has 2 rings (SSSR count). The van der Waals surface area contributed by atoms with Crippen molar-refractivity contribution in [2.45, 2.75) is 46.6 Å². The molecule has 3 N–H and O–H groups in total. The molecule has 0 radical (unpaired) electrons. The van der Waals surface area contributed by atoms with Crippen molar-refractivity contribution in [3.8, 4) is 23.0 Å². The van der Waals surface area contributed by atoms with E-state index in [1.54, 1.807) is 0 Å². The van der Waals surface area contributed by atoms with Crippen LogP contribution in [-0.2, 0) is 24.0 Å². The van der Waals surface area contributed by atoms with Crippen LogP contribution in [0.5, 0.6) is 23.0 Å². The fourth-order valence-electron chi connectivity index (χ4n) is 3.45. The summed E-state index contributed by atoms with van der Waals surface area (Å²) in [5, 5.41) is 14.5. The Balaban J connectivity index is 2.11. The van der Waals surface area contributed by atoms with E-state index in [9.17, 15) is 38.7 Å². The predicted molar refractivity (Wildman–Crippen MR) is 139 cm³/mol. The highest BCUT2D eigenvalue weighted by atomic mass is 16.6. The maximum Gasteiger partial charge on any atom is 0.326 e. The molecule has 14 nitrogen and oxygen atoms in total. The van der Waals surface area contributed by atoms with Gasteiger partial charge < -0.3 is 34.7 Å². The van der Waals surface area contributed by atoms with Gasteiger partial charge in [-0.25, -0.2) is 4.79 Å². The summed E-state index contributed by atoms with van der Waals surface area (Å²) in [5.41, 5.74) is -0.350. The minimum atomic E-state index is -1.41. The Morgan fingerprint density at radius 2 is 1.12 bits per heavy atom. The van der Waals surface area contributed by atoms with Crippen LogP contribution >= 0.6 is 0 Å². The molecule has 0 aliphatic rings. The Labute approximate surface area is 233 Å². The lowest BCUT2D eigenvalue weighted by molar-refractivity contribution is -0.139. The van der Waals surface area contributed by atoms with Gasteiger partial charge in [0.15, 0.2) is 23.0 Å². The Morgan fingerprint density at radius 1 is 0.683 bits per heavy atom. The van der Waals surface area contributed by atoms with E-state index in [0.717, 1.165) is 27.7 Å². The summed E-state index contributed by atoms with van der Waals surface area (Å²) in [6.07, 6.45) is -0.0437. The second-order valence-electron chi connectivity index (χ2n) is 8.40. The number of amides is 2. The first-order valence-corrected chi connectivity index (χ1v) is 12.1. The molecule has 0 unspecified atom stereocenters. The van der Waals surface area contributed by atoms with Crippen molar-refractivity contribution in [1.29, 1.82) is 0 Å². The Bertz CT molecular complexity index is 1370. The molecule has 218 valence electrons. The number of ether oxygens (including phenoxy) is 4. The zero-order chi connectivity index (χ0) is 30.7. The highest BCUT2D eigenvalue weighted by Gasteiger charge is 2.26. The van der Waals surface area contributed by atoms with E-state index in [2.05, 4.69) is 10.6 Å². The standard InChI is InChI=1S/C27H28N2O12/c1-14(30)38-21-11-5-8-18(23(21)40-16(3)32)25(34)28-13-7-10-20(27(36)37)29-26(35)19-9-6-12-22(39-15(2)31)24(19)41-17(4)33/h5-6,8-9,11-12,20H,7,10,13H2,1-4H3,(H,28,34)(H,29,35)(H,36,37)/t20-/m1/s1. The first-order chi connectivity index (χ1) is 19.3.